The van der Waals surface area contributed by atoms with Crippen LogP contribution in [0.2, 0.25) is 0 Å². The number of hydrogen-bond donors (Lipinski definition) is 0. The average molecular weight is 637 g/mol. The van der Waals surface area contributed by atoms with Gasteiger partial charge in [-0.25, -0.2) is 0 Å². The summed E-state index contributed by atoms with van der Waals surface area (Å²) in [6, 6.07) is 28.4. The van der Waals surface area contributed by atoms with E-state index in [1.807, 2.05) is 0 Å². The highest BCUT2D eigenvalue weighted by Gasteiger charge is 2.38. The molecule has 7 unspecified atom stereocenters. The summed E-state index contributed by atoms with van der Waals surface area (Å²) in [5.41, 5.74) is 7.25. The van der Waals surface area contributed by atoms with Gasteiger partial charge in [0, 0.05) is 29.6 Å². The van der Waals surface area contributed by atoms with Crippen LogP contribution in [0.15, 0.2) is 211 Å². The molecule has 7 atom stereocenters. The van der Waals surface area contributed by atoms with E-state index >= 15 is 0 Å². The molecule has 0 saturated heterocycles. The second-order valence-electron chi connectivity index (χ2n) is 13.9. The maximum atomic E-state index is 4.35. The lowest BCUT2D eigenvalue weighted by atomic mass is 9.62. The lowest BCUT2D eigenvalue weighted by Crippen LogP contribution is -2.33. The Morgan fingerprint density at radius 1 is 0.755 bits per heavy atom. The van der Waals surface area contributed by atoms with Crippen molar-refractivity contribution in [3.8, 4) is 0 Å². The van der Waals surface area contributed by atoms with Gasteiger partial charge in [0.05, 0.1) is 0 Å². The van der Waals surface area contributed by atoms with Crippen LogP contribution in [0.1, 0.15) is 37.7 Å². The first-order valence-electron chi connectivity index (χ1n) is 18.2. The number of hydrogen-bond acceptors (Lipinski definition) is 0. The molecule has 5 aliphatic carbocycles. The first-order valence-corrected chi connectivity index (χ1v) is 18.2. The van der Waals surface area contributed by atoms with E-state index in [1.54, 1.807) is 5.57 Å². The van der Waals surface area contributed by atoms with Gasteiger partial charge in [0.15, 0.2) is 0 Å². The Hall–Kier alpha value is -4.94. The van der Waals surface area contributed by atoms with Crippen molar-refractivity contribution in [1.82, 2.24) is 0 Å². The van der Waals surface area contributed by atoms with Crippen LogP contribution in [0.25, 0.3) is 10.8 Å². The zero-order valence-corrected chi connectivity index (χ0v) is 28.7. The van der Waals surface area contributed by atoms with Crippen LogP contribution in [0, 0.1) is 35.5 Å². The van der Waals surface area contributed by atoms with Crippen molar-refractivity contribution >= 4 is 10.8 Å². The van der Waals surface area contributed by atoms with Gasteiger partial charge in [-0.2, -0.15) is 0 Å². The SMILES string of the molecule is C=CC1C=C(C(C2=CC=C(C(/C=C/C)c3ccccc4ccccccc(cc4)c3)CC2)C2C=CC=CC2)C=C2C=CC3C=CC=CC3C21. The molecule has 0 aromatic heterocycles. The molecule has 7 rings (SSSR count). The van der Waals surface area contributed by atoms with Crippen molar-refractivity contribution in [2.45, 2.75) is 32.1 Å². The smallest absolute Gasteiger partial charge is 0.0231 e. The van der Waals surface area contributed by atoms with Crippen molar-refractivity contribution in [3.63, 3.8) is 0 Å². The van der Waals surface area contributed by atoms with E-state index in [0.29, 0.717) is 35.5 Å². The van der Waals surface area contributed by atoms with Crippen molar-refractivity contribution in [1.29, 1.82) is 0 Å². The number of fused-ring (bicyclic) bond motifs is 6. The zero-order chi connectivity index (χ0) is 33.4. The number of rotatable bonds is 7. The van der Waals surface area contributed by atoms with Crippen molar-refractivity contribution in [2.24, 2.45) is 35.5 Å². The normalized spacial score (nSPS) is 26.3. The van der Waals surface area contributed by atoms with Gasteiger partial charge in [0.2, 0.25) is 0 Å². The summed E-state index contributed by atoms with van der Waals surface area (Å²) in [6.07, 6.45) is 43.3. The average Bonchev–Trinajstić information content (AvgIpc) is 3.15. The molecule has 0 heteroatoms. The van der Waals surface area contributed by atoms with Gasteiger partial charge >= 0.3 is 0 Å². The van der Waals surface area contributed by atoms with Gasteiger partial charge in [0.25, 0.3) is 0 Å². The van der Waals surface area contributed by atoms with Gasteiger partial charge in [0.1, 0.15) is 0 Å². The van der Waals surface area contributed by atoms with Crippen molar-refractivity contribution < 1.29 is 0 Å². The third-order valence-electron chi connectivity index (χ3n) is 10.9. The fraction of sp³-hybridized carbons (Fsp3) is 0.224. The van der Waals surface area contributed by atoms with Gasteiger partial charge in [-0.05, 0) is 65.5 Å². The molecule has 0 heterocycles. The predicted octanol–water partition coefficient (Wildman–Crippen LogP) is 12.8. The molecule has 2 aromatic carbocycles. The highest BCUT2D eigenvalue weighted by Crippen LogP contribution is 2.49. The minimum Gasteiger partial charge on any atom is -0.102 e. The summed E-state index contributed by atoms with van der Waals surface area (Å²) in [5.74, 6) is 2.76. The van der Waals surface area contributed by atoms with Crippen molar-refractivity contribution in [3.05, 3.63) is 217 Å². The molecule has 0 N–H and O–H groups in total. The van der Waals surface area contributed by atoms with Crippen LogP contribution in [-0.2, 0) is 0 Å². The molecule has 0 saturated carbocycles. The second-order valence-corrected chi connectivity index (χ2v) is 13.9. The largest absolute Gasteiger partial charge is 0.102 e. The fourth-order valence-corrected chi connectivity index (χ4v) is 8.50. The quantitative estimate of drug-likeness (QED) is 0.265. The first-order chi connectivity index (χ1) is 24.2. The van der Waals surface area contributed by atoms with Gasteiger partial charge in [-0.3, -0.25) is 0 Å². The standard InChI is InChI=1S/C49H48/c1-3-16-46(43-23-13-12-18-36-17-8-5-6-9-19-37(33-43)26-25-36)40-27-30-42(31-28-40)48(41-21-10-7-11-22-41)45-34-38(4-2)49-44(35-45)32-29-39-20-14-15-24-47(39)49/h3-21,23-27,29-30,32-35,38-39,41,46-49H,2,22,28,31H2,1H3/b6-5?,8-5?,9-6?,13-12?,16-3+,17-8?,18-12?,19-9?,23-13?,26-25?,36-17?,36-18?,36-25?,37-19?,37-26?,37-33?,43-23?,43-33?. The molecule has 2 bridgehead atoms. The van der Waals surface area contributed by atoms with Gasteiger partial charge in [-0.1, -0.05) is 193 Å². The van der Waals surface area contributed by atoms with Gasteiger partial charge < -0.3 is 0 Å². The zero-order valence-electron chi connectivity index (χ0n) is 28.7. The first kappa shape index (κ1) is 32.6. The molecular formula is C49H48. The lowest BCUT2D eigenvalue weighted by molar-refractivity contribution is 0.341. The van der Waals surface area contributed by atoms with Crippen LogP contribution in [-0.4, -0.2) is 0 Å². The third kappa shape index (κ3) is 7.40. The van der Waals surface area contributed by atoms with E-state index < -0.39 is 0 Å². The summed E-state index contributed by atoms with van der Waals surface area (Å²) in [6.45, 7) is 6.50. The van der Waals surface area contributed by atoms with E-state index in [1.165, 1.54) is 33.1 Å². The Morgan fingerprint density at radius 3 is 2.27 bits per heavy atom. The Morgan fingerprint density at radius 2 is 1.49 bits per heavy atom. The topological polar surface area (TPSA) is 0 Å². The summed E-state index contributed by atoms with van der Waals surface area (Å²) in [5, 5.41) is 2.38. The van der Waals surface area contributed by atoms with Crippen LogP contribution in [0.4, 0.5) is 0 Å². The van der Waals surface area contributed by atoms with E-state index in [4.69, 9.17) is 0 Å². The van der Waals surface area contributed by atoms with E-state index in [2.05, 4.69) is 196 Å². The molecule has 0 fully saturated rings. The fourth-order valence-electron chi connectivity index (χ4n) is 8.50. The molecule has 5 aliphatic rings. The third-order valence-corrected chi connectivity index (χ3v) is 10.9. The van der Waals surface area contributed by atoms with Crippen molar-refractivity contribution in [2.75, 3.05) is 0 Å². The van der Waals surface area contributed by atoms with Crippen LogP contribution >= 0.6 is 0 Å². The summed E-state index contributed by atoms with van der Waals surface area (Å²) < 4.78 is 0. The molecule has 0 nitrogen and oxygen atoms in total. The molecule has 0 aliphatic heterocycles. The Labute approximate surface area is 294 Å². The highest BCUT2D eigenvalue weighted by molar-refractivity contribution is 5.59. The Balaban J connectivity index is 1.27. The minimum absolute atomic E-state index is 0.214. The number of allylic oxidation sites excluding steroid dienone is 21. The van der Waals surface area contributed by atoms with E-state index in [9.17, 15) is 0 Å². The molecule has 0 amide bonds. The van der Waals surface area contributed by atoms with Crippen LogP contribution < -0.4 is 0 Å². The highest BCUT2D eigenvalue weighted by atomic mass is 14.4. The summed E-state index contributed by atoms with van der Waals surface area (Å²) in [7, 11) is 0. The molecule has 49 heavy (non-hydrogen) atoms. The van der Waals surface area contributed by atoms with Crippen LogP contribution in [0.5, 0.6) is 0 Å². The van der Waals surface area contributed by atoms with E-state index in [0.717, 1.165) is 19.3 Å². The van der Waals surface area contributed by atoms with Gasteiger partial charge in [-0.15, -0.1) is 6.58 Å². The molecule has 0 radical (unpaired) electrons. The van der Waals surface area contributed by atoms with E-state index in [-0.39, 0.29) is 5.92 Å². The minimum atomic E-state index is 0.214. The monoisotopic (exact) mass is 636 g/mol. The lowest BCUT2D eigenvalue weighted by Gasteiger charge is -2.42. The molecule has 0 spiro atoms. The Bertz CT molecular complexity index is 1960. The maximum absolute atomic E-state index is 4.35. The molecule has 2 aromatic rings. The second kappa shape index (κ2) is 15.5. The van der Waals surface area contributed by atoms with Crippen LogP contribution in [0.3, 0.4) is 0 Å². The Kier molecular flexibility index (Phi) is 10.3. The summed E-state index contributed by atoms with van der Waals surface area (Å²) in [4.78, 5) is 0. The summed E-state index contributed by atoms with van der Waals surface area (Å²) >= 11 is 0. The maximum Gasteiger partial charge on any atom is 0.0231 e. The molecule has 244 valence electrons. The molecular weight excluding hydrogens is 589 g/mol. The predicted molar refractivity (Wildman–Crippen MR) is 211 cm³/mol.